The molecule has 1 heterocycles. The Morgan fingerprint density at radius 3 is 2.70 bits per heavy atom. The van der Waals surface area contributed by atoms with Crippen molar-refractivity contribution in [1.29, 1.82) is 0 Å². The lowest BCUT2D eigenvalue weighted by Crippen LogP contribution is -2.49. The molecule has 0 saturated carbocycles. The third-order valence-corrected chi connectivity index (χ3v) is 4.56. The molecule has 4 nitrogen and oxygen atoms in total. The van der Waals surface area contributed by atoms with Crippen LogP contribution in [0.5, 0.6) is 0 Å². The van der Waals surface area contributed by atoms with Gasteiger partial charge in [0.15, 0.2) is 0 Å². The molecule has 126 valence electrons. The van der Waals surface area contributed by atoms with Gasteiger partial charge in [0.25, 0.3) is 0 Å². The van der Waals surface area contributed by atoms with E-state index in [4.69, 9.17) is 0 Å². The van der Waals surface area contributed by atoms with Crippen molar-refractivity contribution < 1.29 is 19.1 Å². The van der Waals surface area contributed by atoms with Crippen LogP contribution >= 0.6 is 0 Å². The maximum atomic E-state index is 13.9. The van der Waals surface area contributed by atoms with Gasteiger partial charge in [0, 0.05) is 31.3 Å². The summed E-state index contributed by atoms with van der Waals surface area (Å²) in [6.45, 7) is 2.43. The summed E-state index contributed by atoms with van der Waals surface area (Å²) in [5, 5.41) is 9.90. The first-order valence-corrected chi connectivity index (χ1v) is 8.07. The van der Waals surface area contributed by atoms with Crippen LogP contribution in [0.15, 0.2) is 24.3 Å². The summed E-state index contributed by atoms with van der Waals surface area (Å²) in [5.74, 6) is -0.346. The van der Waals surface area contributed by atoms with Crippen LogP contribution in [0.4, 0.5) is 4.39 Å². The van der Waals surface area contributed by atoms with Gasteiger partial charge in [0.05, 0.1) is 6.61 Å². The number of piperidine rings is 1. The molecule has 1 aromatic carbocycles. The summed E-state index contributed by atoms with van der Waals surface area (Å²) in [6, 6.07) is 6.56. The van der Waals surface area contributed by atoms with Crippen LogP contribution < -0.4 is 0 Å². The summed E-state index contributed by atoms with van der Waals surface area (Å²) in [5.41, 5.74) is 0.0614. The third-order valence-electron chi connectivity index (χ3n) is 4.56. The van der Waals surface area contributed by atoms with Gasteiger partial charge in [-0.25, -0.2) is 4.39 Å². The molecule has 1 N–H and O–H groups in total. The first kappa shape index (κ1) is 17.6. The number of Topliss-reactive ketones (excluding diaryl/α,β-unsaturated/α-hetero) is 1. The molecule has 1 amide bonds. The second-order valence-electron chi connectivity index (χ2n) is 6.55. The van der Waals surface area contributed by atoms with E-state index >= 15 is 0 Å². The van der Waals surface area contributed by atoms with E-state index in [-0.39, 0.29) is 37.0 Å². The molecule has 0 unspecified atom stereocenters. The van der Waals surface area contributed by atoms with E-state index < -0.39 is 5.41 Å². The minimum absolute atomic E-state index is 0.00450. The largest absolute Gasteiger partial charge is 0.396 e. The molecular weight excluding hydrogens is 297 g/mol. The Labute approximate surface area is 136 Å². The van der Waals surface area contributed by atoms with Gasteiger partial charge in [-0.2, -0.15) is 0 Å². The van der Waals surface area contributed by atoms with Crippen molar-refractivity contribution in [2.75, 3.05) is 19.7 Å². The number of aliphatic hydroxyl groups is 1. The van der Waals surface area contributed by atoms with Crippen molar-refractivity contribution >= 4 is 11.7 Å². The fourth-order valence-corrected chi connectivity index (χ4v) is 3.24. The highest BCUT2D eigenvalue weighted by atomic mass is 19.1. The molecule has 1 aliphatic heterocycles. The van der Waals surface area contributed by atoms with Crippen molar-refractivity contribution in [2.45, 2.75) is 39.0 Å². The number of aliphatic hydroxyl groups excluding tert-OH is 1. The lowest BCUT2D eigenvalue weighted by atomic mass is 9.75. The van der Waals surface area contributed by atoms with Crippen LogP contribution in [-0.2, 0) is 16.0 Å². The monoisotopic (exact) mass is 321 g/mol. The number of nitrogens with zero attached hydrogens (tertiary/aromatic N) is 1. The van der Waals surface area contributed by atoms with Crippen LogP contribution in [-0.4, -0.2) is 41.4 Å². The van der Waals surface area contributed by atoms with Crippen molar-refractivity contribution in [1.82, 2.24) is 4.90 Å². The van der Waals surface area contributed by atoms with Gasteiger partial charge in [-0.05, 0) is 37.8 Å². The first-order chi connectivity index (χ1) is 11.0. The predicted molar refractivity (Wildman–Crippen MR) is 85.4 cm³/mol. The molecule has 1 atom stereocenters. The third kappa shape index (κ3) is 4.61. The van der Waals surface area contributed by atoms with Gasteiger partial charge in [-0.15, -0.1) is 0 Å². The Hall–Kier alpha value is -1.75. The smallest absolute Gasteiger partial charge is 0.223 e. The molecule has 1 aliphatic rings. The Morgan fingerprint density at radius 2 is 2.04 bits per heavy atom. The van der Waals surface area contributed by atoms with Crippen molar-refractivity contribution in [3.05, 3.63) is 35.6 Å². The van der Waals surface area contributed by atoms with Crippen LogP contribution in [0.2, 0.25) is 0 Å². The van der Waals surface area contributed by atoms with Crippen LogP contribution in [0, 0.1) is 11.2 Å². The van der Waals surface area contributed by atoms with E-state index in [1.165, 1.54) is 13.0 Å². The number of benzene rings is 1. The fourth-order valence-electron chi connectivity index (χ4n) is 3.24. The zero-order chi connectivity index (χ0) is 16.9. The van der Waals surface area contributed by atoms with Gasteiger partial charge in [-0.3, -0.25) is 4.79 Å². The fraction of sp³-hybridized carbons (Fsp3) is 0.556. The number of rotatable bonds is 6. The normalized spacial score (nSPS) is 21.3. The molecule has 23 heavy (non-hydrogen) atoms. The van der Waals surface area contributed by atoms with E-state index in [1.54, 1.807) is 23.1 Å². The molecule has 5 heteroatoms. The second kappa shape index (κ2) is 7.68. The molecule has 0 aliphatic carbocycles. The van der Waals surface area contributed by atoms with Crippen molar-refractivity contribution in [2.24, 2.45) is 5.41 Å². The zero-order valence-electron chi connectivity index (χ0n) is 13.6. The number of carbonyl (C=O) groups is 2. The number of halogens is 1. The number of carbonyl (C=O) groups excluding carboxylic acids is 2. The molecule has 1 fully saturated rings. The Bertz CT molecular complexity index is 575. The Kier molecular flexibility index (Phi) is 5.88. The SMILES string of the molecule is CC(=O)CCC(=O)N1CCC[C@@](CO)(Cc2ccccc2F)C1. The minimum atomic E-state index is -0.508. The summed E-state index contributed by atoms with van der Waals surface area (Å²) >= 11 is 0. The standard InChI is InChI=1S/C18H24FNO3/c1-14(22)7-8-17(23)20-10-4-9-18(12-20,13-21)11-15-5-2-3-6-16(15)19/h2-3,5-6,21H,4,7-13H2,1H3/t18-/m1/s1. The summed E-state index contributed by atoms with van der Waals surface area (Å²) in [6.07, 6.45) is 2.40. The quantitative estimate of drug-likeness (QED) is 0.875. The maximum absolute atomic E-state index is 13.9. The summed E-state index contributed by atoms with van der Waals surface area (Å²) in [4.78, 5) is 25.0. The molecule has 0 spiro atoms. The number of amides is 1. The number of likely N-dealkylation sites (tertiary alicyclic amines) is 1. The summed E-state index contributed by atoms with van der Waals surface area (Å²) in [7, 11) is 0. The lowest BCUT2D eigenvalue weighted by molar-refractivity contribution is -0.137. The second-order valence-corrected chi connectivity index (χ2v) is 6.55. The van der Waals surface area contributed by atoms with Crippen LogP contribution in [0.25, 0.3) is 0 Å². The molecule has 0 bridgehead atoms. The van der Waals surface area contributed by atoms with Crippen molar-refractivity contribution in [3.8, 4) is 0 Å². The van der Waals surface area contributed by atoms with Crippen LogP contribution in [0.3, 0.4) is 0 Å². The highest BCUT2D eigenvalue weighted by Crippen LogP contribution is 2.34. The summed E-state index contributed by atoms with van der Waals surface area (Å²) < 4.78 is 13.9. The van der Waals surface area contributed by atoms with Gasteiger partial charge >= 0.3 is 0 Å². The molecule has 0 radical (unpaired) electrons. The molecule has 2 rings (SSSR count). The van der Waals surface area contributed by atoms with Gasteiger partial charge in [-0.1, -0.05) is 18.2 Å². The lowest BCUT2D eigenvalue weighted by Gasteiger charge is -2.42. The molecular formula is C18H24FNO3. The first-order valence-electron chi connectivity index (χ1n) is 8.07. The molecule has 0 aromatic heterocycles. The highest BCUT2D eigenvalue weighted by Gasteiger charge is 2.37. The van der Waals surface area contributed by atoms with Crippen LogP contribution in [0.1, 0.15) is 38.2 Å². The average Bonchev–Trinajstić information content (AvgIpc) is 2.55. The highest BCUT2D eigenvalue weighted by molar-refractivity contribution is 5.83. The number of hydrogen-bond donors (Lipinski definition) is 1. The van der Waals surface area contributed by atoms with Crippen molar-refractivity contribution in [3.63, 3.8) is 0 Å². The topological polar surface area (TPSA) is 57.6 Å². The number of hydrogen-bond acceptors (Lipinski definition) is 3. The van der Waals surface area contributed by atoms with E-state index in [9.17, 15) is 19.1 Å². The van der Waals surface area contributed by atoms with Gasteiger partial charge in [0.2, 0.25) is 5.91 Å². The predicted octanol–water partition coefficient (Wildman–Crippen LogP) is 2.34. The van der Waals surface area contributed by atoms with Gasteiger partial charge in [0.1, 0.15) is 11.6 Å². The Balaban J connectivity index is 2.08. The number of ketones is 1. The van der Waals surface area contributed by atoms with E-state index in [1.807, 2.05) is 0 Å². The molecule has 1 saturated heterocycles. The average molecular weight is 321 g/mol. The molecule has 1 aromatic rings. The van der Waals surface area contributed by atoms with E-state index in [2.05, 4.69) is 0 Å². The minimum Gasteiger partial charge on any atom is -0.396 e. The Morgan fingerprint density at radius 1 is 1.30 bits per heavy atom. The maximum Gasteiger partial charge on any atom is 0.223 e. The van der Waals surface area contributed by atoms with E-state index in [0.717, 1.165) is 12.8 Å². The zero-order valence-corrected chi connectivity index (χ0v) is 13.6. The van der Waals surface area contributed by atoms with Gasteiger partial charge < -0.3 is 14.8 Å². The van der Waals surface area contributed by atoms with E-state index in [0.29, 0.717) is 25.1 Å².